The van der Waals surface area contributed by atoms with Crippen molar-refractivity contribution in [3.8, 4) is 17.0 Å². The number of hydrogen-bond acceptors (Lipinski definition) is 5. The Morgan fingerprint density at radius 1 is 1.11 bits per heavy atom. The van der Waals surface area contributed by atoms with E-state index in [1.807, 2.05) is 30.3 Å². The molecule has 35 heavy (non-hydrogen) atoms. The zero-order chi connectivity index (χ0) is 24.9. The standard InChI is InChI=1S/C26H29Cl2N5O2/c1-31(2)13-15-4-6-18(7-5-15)33-24-17(14-32(3)26(33)35)12-29-22-9-8-21(30-23(22)24)16-10-19(27)25(34)20(28)11-16/h8-12,15,18,34H,4-7,13-14H2,1-3H3/t15-,18-. The molecule has 0 bridgehead atoms. The maximum absolute atomic E-state index is 13.5. The van der Waals surface area contributed by atoms with Crippen molar-refractivity contribution in [1.82, 2.24) is 19.8 Å². The maximum Gasteiger partial charge on any atom is 0.324 e. The van der Waals surface area contributed by atoms with Crippen LogP contribution in [-0.2, 0) is 6.54 Å². The van der Waals surface area contributed by atoms with Gasteiger partial charge in [0.05, 0.1) is 33.5 Å². The summed E-state index contributed by atoms with van der Waals surface area (Å²) in [7, 11) is 6.06. The van der Waals surface area contributed by atoms with E-state index in [0.29, 0.717) is 29.2 Å². The number of aromatic hydroxyl groups is 1. The average Bonchev–Trinajstić information content (AvgIpc) is 2.83. The van der Waals surface area contributed by atoms with Crippen molar-refractivity contribution in [2.75, 3.05) is 32.6 Å². The van der Waals surface area contributed by atoms with Crippen molar-refractivity contribution >= 4 is 46.0 Å². The van der Waals surface area contributed by atoms with E-state index < -0.39 is 0 Å². The number of phenolic OH excluding ortho intramolecular Hbond substituents is 1. The van der Waals surface area contributed by atoms with Crippen molar-refractivity contribution in [3.05, 3.63) is 46.1 Å². The second-order valence-electron chi connectivity index (χ2n) is 9.93. The number of pyridine rings is 2. The van der Waals surface area contributed by atoms with Gasteiger partial charge in [0.25, 0.3) is 0 Å². The fraction of sp³-hybridized carbons (Fsp3) is 0.423. The number of benzene rings is 1. The lowest BCUT2D eigenvalue weighted by molar-refractivity contribution is 0.198. The third-order valence-electron chi connectivity index (χ3n) is 7.06. The maximum atomic E-state index is 13.5. The lowest BCUT2D eigenvalue weighted by atomic mass is 9.84. The molecule has 9 heteroatoms. The minimum absolute atomic E-state index is 0.00369. The molecule has 2 aromatic heterocycles. The van der Waals surface area contributed by atoms with Gasteiger partial charge < -0.3 is 14.9 Å². The summed E-state index contributed by atoms with van der Waals surface area (Å²) in [6.45, 7) is 1.57. The van der Waals surface area contributed by atoms with Crippen LogP contribution >= 0.6 is 23.2 Å². The van der Waals surface area contributed by atoms with Gasteiger partial charge in [0, 0.05) is 37.0 Å². The molecule has 3 heterocycles. The van der Waals surface area contributed by atoms with Crippen molar-refractivity contribution < 1.29 is 9.90 Å². The van der Waals surface area contributed by atoms with E-state index in [1.165, 1.54) is 0 Å². The van der Waals surface area contributed by atoms with Gasteiger partial charge in [-0.3, -0.25) is 9.88 Å². The second-order valence-corrected chi connectivity index (χ2v) is 10.7. The Kier molecular flexibility index (Phi) is 6.51. The van der Waals surface area contributed by atoms with Crippen LogP contribution in [0.3, 0.4) is 0 Å². The number of nitrogens with zero attached hydrogens (tertiary/aromatic N) is 5. The minimum atomic E-state index is -0.151. The molecule has 0 atom stereocenters. The Bertz CT molecular complexity index is 1270. The van der Waals surface area contributed by atoms with Gasteiger partial charge in [-0.25, -0.2) is 9.78 Å². The normalized spacial score (nSPS) is 20.6. The van der Waals surface area contributed by atoms with Gasteiger partial charge in [0.15, 0.2) is 5.75 Å². The summed E-state index contributed by atoms with van der Waals surface area (Å²) < 4.78 is 0. The van der Waals surface area contributed by atoms with E-state index in [0.717, 1.165) is 49.0 Å². The van der Waals surface area contributed by atoms with Gasteiger partial charge in [-0.05, 0) is 70.0 Å². The topological polar surface area (TPSA) is 72.8 Å². The lowest BCUT2D eigenvalue weighted by Gasteiger charge is -2.42. The summed E-state index contributed by atoms with van der Waals surface area (Å²) in [5.41, 5.74) is 4.60. The summed E-state index contributed by atoms with van der Waals surface area (Å²) in [6, 6.07) is 7.17. The first-order valence-corrected chi connectivity index (χ1v) is 12.6. The van der Waals surface area contributed by atoms with Crippen LogP contribution in [0.2, 0.25) is 10.0 Å². The number of aromatic nitrogens is 2. The summed E-state index contributed by atoms with van der Waals surface area (Å²) in [5, 5.41) is 10.3. The minimum Gasteiger partial charge on any atom is -0.505 e. The summed E-state index contributed by atoms with van der Waals surface area (Å²) in [4.78, 5) is 29.0. The number of carbonyl (C=O) groups excluding carboxylic acids is 1. The van der Waals surface area contributed by atoms with E-state index >= 15 is 0 Å². The number of amides is 2. The van der Waals surface area contributed by atoms with Crippen molar-refractivity contribution in [3.63, 3.8) is 0 Å². The van der Waals surface area contributed by atoms with Gasteiger partial charge in [-0.1, -0.05) is 23.2 Å². The third-order valence-corrected chi connectivity index (χ3v) is 7.64. The van der Waals surface area contributed by atoms with Gasteiger partial charge >= 0.3 is 6.03 Å². The third kappa shape index (κ3) is 4.53. The Hall–Kier alpha value is -2.61. The van der Waals surface area contributed by atoms with Crippen molar-refractivity contribution in [2.45, 2.75) is 38.3 Å². The molecular weight excluding hydrogens is 485 g/mol. The summed E-state index contributed by atoms with van der Waals surface area (Å²) in [5.74, 6) is 0.503. The van der Waals surface area contributed by atoms with E-state index in [2.05, 4.69) is 24.0 Å². The van der Waals surface area contributed by atoms with E-state index in [9.17, 15) is 9.90 Å². The second kappa shape index (κ2) is 9.45. The van der Waals surface area contributed by atoms with Gasteiger partial charge in [-0.2, -0.15) is 0 Å². The Morgan fingerprint density at radius 2 is 1.80 bits per heavy atom. The van der Waals surface area contributed by atoms with Crippen LogP contribution in [0.15, 0.2) is 30.5 Å². The summed E-state index contributed by atoms with van der Waals surface area (Å²) >= 11 is 12.3. The number of fused-ring (bicyclic) bond motifs is 3. The molecule has 1 N–H and O–H groups in total. The van der Waals surface area contributed by atoms with Gasteiger partial charge in [0.1, 0.15) is 5.52 Å². The number of anilines is 1. The molecule has 1 aliphatic heterocycles. The van der Waals surface area contributed by atoms with Crippen LogP contribution in [0.4, 0.5) is 10.5 Å². The highest BCUT2D eigenvalue weighted by atomic mass is 35.5. The van der Waals surface area contributed by atoms with Crippen LogP contribution in [0.25, 0.3) is 22.3 Å². The molecule has 1 aliphatic carbocycles. The Labute approximate surface area is 215 Å². The molecule has 0 radical (unpaired) electrons. The molecule has 184 valence electrons. The van der Waals surface area contributed by atoms with Gasteiger partial charge in [-0.15, -0.1) is 0 Å². The molecule has 0 unspecified atom stereocenters. The molecule has 0 spiro atoms. The first-order valence-electron chi connectivity index (χ1n) is 11.9. The monoisotopic (exact) mass is 513 g/mol. The fourth-order valence-corrected chi connectivity index (χ4v) is 5.88. The van der Waals surface area contributed by atoms with Crippen molar-refractivity contribution in [2.24, 2.45) is 5.92 Å². The van der Waals surface area contributed by atoms with Crippen LogP contribution in [0.1, 0.15) is 31.2 Å². The number of rotatable bonds is 4. The highest BCUT2D eigenvalue weighted by Gasteiger charge is 2.37. The highest BCUT2D eigenvalue weighted by Crippen LogP contribution is 2.41. The molecule has 5 rings (SSSR count). The number of phenols is 1. The highest BCUT2D eigenvalue weighted by molar-refractivity contribution is 6.37. The quantitative estimate of drug-likeness (QED) is 0.477. The molecule has 0 saturated heterocycles. The number of urea groups is 1. The summed E-state index contributed by atoms with van der Waals surface area (Å²) in [6.07, 6.45) is 5.98. The lowest BCUT2D eigenvalue weighted by Crippen LogP contribution is -2.51. The van der Waals surface area contributed by atoms with Crippen LogP contribution in [-0.4, -0.2) is 64.6 Å². The molecule has 2 amide bonds. The molecular formula is C26H29Cl2N5O2. The fourth-order valence-electron chi connectivity index (χ4n) is 5.39. The zero-order valence-corrected chi connectivity index (χ0v) is 21.6. The Balaban J connectivity index is 1.58. The largest absolute Gasteiger partial charge is 0.505 e. The molecule has 3 aromatic rings. The first kappa shape index (κ1) is 24.1. The van der Waals surface area contributed by atoms with E-state index in [1.54, 1.807) is 17.0 Å². The Morgan fingerprint density at radius 3 is 2.46 bits per heavy atom. The predicted octanol–water partition coefficient (Wildman–Crippen LogP) is 5.80. The number of carbonyl (C=O) groups is 1. The molecule has 1 saturated carbocycles. The zero-order valence-electron chi connectivity index (χ0n) is 20.1. The van der Waals surface area contributed by atoms with E-state index in [4.69, 9.17) is 28.2 Å². The molecule has 2 aliphatic rings. The van der Waals surface area contributed by atoms with E-state index in [-0.39, 0.29) is 27.9 Å². The van der Waals surface area contributed by atoms with Crippen molar-refractivity contribution in [1.29, 1.82) is 0 Å². The van der Waals surface area contributed by atoms with Crippen LogP contribution in [0, 0.1) is 5.92 Å². The molecule has 1 fully saturated rings. The number of hydrogen-bond donors (Lipinski definition) is 1. The van der Waals surface area contributed by atoms with Crippen LogP contribution < -0.4 is 4.90 Å². The number of halogens is 2. The van der Waals surface area contributed by atoms with Gasteiger partial charge in [0.2, 0.25) is 0 Å². The first-order chi connectivity index (χ1) is 16.7. The predicted molar refractivity (Wildman–Crippen MR) is 140 cm³/mol. The average molecular weight is 514 g/mol. The smallest absolute Gasteiger partial charge is 0.324 e. The SMILES string of the molecule is CN(C)C[C@H]1CC[C@H](N2C(=O)N(C)Cc3cnc4ccc(-c5cc(Cl)c(O)c(Cl)c5)nc4c32)CC1. The molecule has 1 aromatic carbocycles. The van der Waals surface area contributed by atoms with Crippen LogP contribution in [0.5, 0.6) is 5.75 Å². The molecule has 7 nitrogen and oxygen atoms in total.